The van der Waals surface area contributed by atoms with E-state index >= 15 is 0 Å². The maximum Gasteiger partial charge on any atom is 0.272 e. The first-order chi connectivity index (χ1) is 12.8. The van der Waals surface area contributed by atoms with Crippen molar-refractivity contribution in [3.05, 3.63) is 34.5 Å². The lowest BCUT2D eigenvalue weighted by atomic mass is 9.93. The highest BCUT2D eigenvalue weighted by atomic mass is 16.5. The molecule has 5 heterocycles. The van der Waals surface area contributed by atoms with Gasteiger partial charge in [-0.05, 0) is 39.7 Å². The summed E-state index contributed by atoms with van der Waals surface area (Å²) < 4.78 is 6.87. The summed E-state index contributed by atoms with van der Waals surface area (Å²) in [6, 6.07) is 1.82. The second-order valence-corrected chi connectivity index (χ2v) is 7.70. The lowest BCUT2D eigenvalue weighted by Gasteiger charge is -2.35. The first kappa shape index (κ1) is 17.8. The van der Waals surface area contributed by atoms with E-state index in [-0.39, 0.29) is 23.8 Å². The monoisotopic (exact) mass is 371 g/mol. The number of hydrogen-bond donors (Lipinski definition) is 0. The first-order valence-corrected chi connectivity index (χ1v) is 9.37. The number of fused-ring (bicyclic) bond motifs is 4. The van der Waals surface area contributed by atoms with Crippen LogP contribution in [0.5, 0.6) is 0 Å². The van der Waals surface area contributed by atoms with E-state index in [4.69, 9.17) is 4.52 Å². The Hall–Kier alpha value is -2.64. The molecule has 0 N–H and O–H groups in total. The molecule has 5 rings (SSSR count). The molecule has 8 nitrogen and oxygen atoms in total. The van der Waals surface area contributed by atoms with E-state index in [0.29, 0.717) is 25.3 Å². The SMILES string of the molecule is Cc1cc(C(=O)N2CC3CCC(C2)N(Cc2c(C)noc2C)C3=O)n(C)n1. The fourth-order valence-electron chi connectivity index (χ4n) is 4.29. The number of rotatable bonds is 3. The van der Waals surface area contributed by atoms with Crippen molar-refractivity contribution in [2.45, 2.75) is 46.2 Å². The Labute approximate surface area is 158 Å². The van der Waals surface area contributed by atoms with Gasteiger partial charge in [0.25, 0.3) is 5.91 Å². The largest absolute Gasteiger partial charge is 0.361 e. The zero-order valence-corrected chi connectivity index (χ0v) is 16.2. The van der Waals surface area contributed by atoms with Crippen LogP contribution < -0.4 is 0 Å². The van der Waals surface area contributed by atoms with Crippen LogP contribution in [0.15, 0.2) is 10.6 Å². The zero-order chi connectivity index (χ0) is 19.3. The van der Waals surface area contributed by atoms with Crippen LogP contribution in [-0.4, -0.2) is 55.7 Å². The van der Waals surface area contributed by atoms with Gasteiger partial charge in [0, 0.05) is 31.7 Å². The van der Waals surface area contributed by atoms with Crippen molar-refractivity contribution < 1.29 is 14.1 Å². The Kier molecular flexibility index (Phi) is 4.28. The molecule has 3 aliphatic heterocycles. The number of hydrogen-bond acceptors (Lipinski definition) is 5. The van der Waals surface area contributed by atoms with Gasteiger partial charge in [0.05, 0.1) is 23.9 Å². The Bertz CT molecular complexity index is 880. The maximum absolute atomic E-state index is 13.1. The van der Waals surface area contributed by atoms with E-state index in [0.717, 1.165) is 35.6 Å². The minimum Gasteiger partial charge on any atom is -0.361 e. The van der Waals surface area contributed by atoms with Gasteiger partial charge in [0.15, 0.2) is 0 Å². The summed E-state index contributed by atoms with van der Waals surface area (Å²) in [5, 5.41) is 8.28. The molecule has 2 aromatic heterocycles. The van der Waals surface area contributed by atoms with E-state index in [1.165, 1.54) is 0 Å². The van der Waals surface area contributed by atoms with E-state index in [1.54, 1.807) is 17.8 Å². The number of nitrogens with zero attached hydrogens (tertiary/aromatic N) is 5. The average molecular weight is 371 g/mol. The summed E-state index contributed by atoms with van der Waals surface area (Å²) in [5.41, 5.74) is 3.17. The number of piperidine rings is 1. The highest BCUT2D eigenvalue weighted by Gasteiger charge is 2.42. The molecule has 0 spiro atoms. The van der Waals surface area contributed by atoms with E-state index < -0.39 is 0 Å². The lowest BCUT2D eigenvalue weighted by Crippen LogP contribution is -2.47. The molecule has 3 saturated heterocycles. The van der Waals surface area contributed by atoms with E-state index in [1.807, 2.05) is 30.6 Å². The third-order valence-corrected chi connectivity index (χ3v) is 5.81. The normalized spacial score (nSPS) is 22.4. The maximum atomic E-state index is 13.1. The van der Waals surface area contributed by atoms with Crippen molar-refractivity contribution in [3.8, 4) is 0 Å². The molecular weight excluding hydrogens is 346 g/mol. The number of aryl methyl sites for hydroxylation is 4. The standard InChI is InChI=1S/C19H25N5O3/c1-11-7-17(22(4)20-11)19(26)23-8-14-5-6-15(9-23)24(18(14)25)10-16-12(2)21-27-13(16)3/h7,14-15H,5-6,8-10H2,1-4H3. The van der Waals surface area contributed by atoms with Crippen LogP contribution in [0.4, 0.5) is 0 Å². The lowest BCUT2D eigenvalue weighted by molar-refractivity contribution is -0.140. The summed E-state index contributed by atoms with van der Waals surface area (Å²) in [6.45, 7) is 7.15. The van der Waals surface area contributed by atoms with Crippen LogP contribution in [0.3, 0.4) is 0 Å². The van der Waals surface area contributed by atoms with Crippen molar-refractivity contribution in [1.82, 2.24) is 24.7 Å². The highest BCUT2D eigenvalue weighted by Crippen LogP contribution is 2.32. The number of carbonyl (C=O) groups is 2. The van der Waals surface area contributed by atoms with Gasteiger partial charge in [0.2, 0.25) is 5.91 Å². The van der Waals surface area contributed by atoms with Gasteiger partial charge in [0.1, 0.15) is 11.5 Å². The summed E-state index contributed by atoms with van der Waals surface area (Å²) >= 11 is 0. The van der Waals surface area contributed by atoms with E-state index in [2.05, 4.69) is 10.3 Å². The van der Waals surface area contributed by atoms with Crippen LogP contribution in [0.25, 0.3) is 0 Å². The quantitative estimate of drug-likeness (QED) is 0.818. The second-order valence-electron chi connectivity index (χ2n) is 7.70. The van der Waals surface area contributed by atoms with E-state index in [9.17, 15) is 9.59 Å². The topological polar surface area (TPSA) is 84.5 Å². The summed E-state index contributed by atoms with van der Waals surface area (Å²) in [7, 11) is 1.78. The minimum atomic E-state index is -0.150. The van der Waals surface area contributed by atoms with Crippen molar-refractivity contribution in [2.75, 3.05) is 13.1 Å². The fourth-order valence-corrected chi connectivity index (χ4v) is 4.29. The van der Waals surface area contributed by atoms with Crippen molar-refractivity contribution in [3.63, 3.8) is 0 Å². The minimum absolute atomic E-state index is 0.0169. The Morgan fingerprint density at radius 1 is 1.26 bits per heavy atom. The Morgan fingerprint density at radius 3 is 2.67 bits per heavy atom. The van der Waals surface area contributed by atoms with Gasteiger partial charge in [-0.15, -0.1) is 0 Å². The predicted molar refractivity (Wildman–Crippen MR) is 96.9 cm³/mol. The summed E-state index contributed by atoms with van der Waals surface area (Å²) in [5.74, 6) is 0.672. The fraction of sp³-hybridized carbons (Fsp3) is 0.579. The number of aromatic nitrogens is 3. The van der Waals surface area contributed by atoms with Gasteiger partial charge >= 0.3 is 0 Å². The molecule has 0 aromatic carbocycles. The molecule has 2 amide bonds. The van der Waals surface area contributed by atoms with Crippen LogP contribution in [0.2, 0.25) is 0 Å². The molecule has 8 heteroatoms. The third kappa shape index (κ3) is 3.02. The van der Waals surface area contributed by atoms with Gasteiger partial charge in [-0.25, -0.2) is 0 Å². The Balaban J connectivity index is 1.59. The molecule has 3 aliphatic rings. The molecule has 0 aliphatic carbocycles. The molecule has 2 bridgehead atoms. The molecule has 27 heavy (non-hydrogen) atoms. The Morgan fingerprint density at radius 2 is 2.04 bits per heavy atom. The molecule has 0 saturated carbocycles. The second kappa shape index (κ2) is 6.51. The van der Waals surface area contributed by atoms with Gasteiger partial charge in [-0.1, -0.05) is 5.16 Å². The van der Waals surface area contributed by atoms with Crippen LogP contribution in [0, 0.1) is 26.7 Å². The number of amides is 2. The zero-order valence-electron chi connectivity index (χ0n) is 16.2. The molecule has 2 unspecified atom stereocenters. The molecule has 0 radical (unpaired) electrons. The number of carbonyl (C=O) groups excluding carboxylic acids is 2. The van der Waals surface area contributed by atoms with Crippen molar-refractivity contribution in [1.29, 1.82) is 0 Å². The van der Waals surface area contributed by atoms with Crippen LogP contribution in [0.1, 0.15) is 46.0 Å². The van der Waals surface area contributed by atoms with Gasteiger partial charge in [-0.3, -0.25) is 14.3 Å². The molecule has 144 valence electrons. The molecule has 2 atom stereocenters. The van der Waals surface area contributed by atoms with Gasteiger partial charge in [-0.2, -0.15) is 5.10 Å². The van der Waals surface area contributed by atoms with Gasteiger partial charge < -0.3 is 14.3 Å². The smallest absolute Gasteiger partial charge is 0.272 e. The van der Waals surface area contributed by atoms with Crippen LogP contribution in [-0.2, 0) is 18.4 Å². The third-order valence-electron chi connectivity index (χ3n) is 5.81. The molecular formula is C19H25N5O3. The summed E-state index contributed by atoms with van der Waals surface area (Å²) in [4.78, 5) is 29.8. The predicted octanol–water partition coefficient (Wildman–Crippen LogP) is 1.60. The molecule has 3 fully saturated rings. The van der Waals surface area contributed by atoms with Crippen LogP contribution >= 0.6 is 0 Å². The highest BCUT2D eigenvalue weighted by molar-refractivity contribution is 5.93. The molecule has 2 aromatic rings. The van der Waals surface area contributed by atoms with Crippen molar-refractivity contribution in [2.24, 2.45) is 13.0 Å². The summed E-state index contributed by atoms with van der Waals surface area (Å²) in [6.07, 6.45) is 1.74. The average Bonchev–Trinajstić information content (AvgIpc) is 2.99. The van der Waals surface area contributed by atoms with Crippen molar-refractivity contribution >= 4 is 11.8 Å². The first-order valence-electron chi connectivity index (χ1n) is 9.37.